The molecule has 2 atom stereocenters. The van der Waals surface area contributed by atoms with Crippen LogP contribution in [0.1, 0.15) is 24.8 Å². The van der Waals surface area contributed by atoms with Gasteiger partial charge in [0.15, 0.2) is 0 Å². The van der Waals surface area contributed by atoms with Gasteiger partial charge in [-0.05, 0) is 30.5 Å². The van der Waals surface area contributed by atoms with Crippen molar-refractivity contribution in [2.24, 2.45) is 23.3 Å². The van der Waals surface area contributed by atoms with Crippen molar-refractivity contribution < 1.29 is 0 Å². The van der Waals surface area contributed by atoms with Gasteiger partial charge in [0, 0.05) is 10.9 Å². The van der Waals surface area contributed by atoms with Gasteiger partial charge < -0.3 is 11.5 Å². The lowest BCUT2D eigenvalue weighted by atomic mass is 9.88. The summed E-state index contributed by atoms with van der Waals surface area (Å²) < 4.78 is 0.787. The molecule has 80 valence electrons. The Balaban J connectivity index is 2.77. The van der Waals surface area contributed by atoms with E-state index in [1.54, 1.807) is 11.3 Å². The summed E-state index contributed by atoms with van der Waals surface area (Å²) in [6.07, 6.45) is 0. The predicted molar refractivity (Wildman–Crippen MR) is 63.6 cm³/mol. The van der Waals surface area contributed by atoms with Crippen molar-refractivity contribution in [2.45, 2.75) is 19.9 Å². The molecule has 1 aromatic rings. The van der Waals surface area contributed by atoms with Crippen LogP contribution in [-0.4, -0.2) is 6.54 Å². The maximum absolute atomic E-state index is 6.14. The van der Waals surface area contributed by atoms with Crippen LogP contribution in [0.25, 0.3) is 0 Å². The molecule has 0 saturated heterocycles. The summed E-state index contributed by atoms with van der Waals surface area (Å²) in [5, 5.41) is 0. The van der Waals surface area contributed by atoms with E-state index in [2.05, 4.69) is 13.8 Å². The summed E-state index contributed by atoms with van der Waals surface area (Å²) in [5.74, 6) is 0.820. The van der Waals surface area contributed by atoms with E-state index >= 15 is 0 Å². The zero-order valence-electron chi connectivity index (χ0n) is 8.53. The first-order chi connectivity index (χ1) is 6.56. The molecule has 0 amide bonds. The average Bonchev–Trinajstić information content (AvgIpc) is 2.52. The van der Waals surface area contributed by atoms with Gasteiger partial charge >= 0.3 is 0 Å². The van der Waals surface area contributed by atoms with Gasteiger partial charge in [-0.25, -0.2) is 0 Å². The minimum absolute atomic E-state index is 0.0116. The van der Waals surface area contributed by atoms with Crippen molar-refractivity contribution in [3.8, 4) is 0 Å². The predicted octanol–water partition coefficient (Wildman–Crippen LogP) is 2.63. The minimum Gasteiger partial charge on any atom is -0.330 e. The van der Waals surface area contributed by atoms with Crippen LogP contribution in [0.3, 0.4) is 0 Å². The third-order valence-corrected chi connectivity index (χ3v) is 3.84. The van der Waals surface area contributed by atoms with Crippen LogP contribution in [0.15, 0.2) is 12.1 Å². The molecule has 1 heterocycles. The monoisotopic (exact) mass is 232 g/mol. The Hall–Kier alpha value is -0.0900. The molecule has 0 bridgehead atoms. The topological polar surface area (TPSA) is 52.0 Å². The molecule has 2 nitrogen and oxygen atoms in total. The van der Waals surface area contributed by atoms with Crippen molar-refractivity contribution in [2.75, 3.05) is 6.54 Å². The van der Waals surface area contributed by atoms with Crippen molar-refractivity contribution in [1.82, 2.24) is 0 Å². The van der Waals surface area contributed by atoms with Gasteiger partial charge in [-0.1, -0.05) is 25.4 Å². The zero-order chi connectivity index (χ0) is 10.7. The summed E-state index contributed by atoms with van der Waals surface area (Å²) in [4.78, 5) is 1.12. The van der Waals surface area contributed by atoms with Gasteiger partial charge in [-0.2, -0.15) is 0 Å². The van der Waals surface area contributed by atoms with Crippen molar-refractivity contribution in [1.29, 1.82) is 0 Å². The molecule has 0 spiro atoms. The molecule has 0 aromatic carbocycles. The lowest BCUT2D eigenvalue weighted by molar-refractivity contribution is 0.334. The Labute approximate surface area is 94.2 Å². The van der Waals surface area contributed by atoms with Crippen LogP contribution in [-0.2, 0) is 0 Å². The Morgan fingerprint density at radius 3 is 2.43 bits per heavy atom. The quantitative estimate of drug-likeness (QED) is 0.839. The summed E-state index contributed by atoms with van der Waals surface area (Å²) in [5.41, 5.74) is 11.8. The van der Waals surface area contributed by atoms with E-state index in [-0.39, 0.29) is 6.04 Å². The normalized spacial score (nSPS) is 15.9. The third-order valence-electron chi connectivity index (χ3n) is 2.51. The Bertz CT molecular complexity index is 285. The second kappa shape index (κ2) is 5.12. The van der Waals surface area contributed by atoms with E-state index in [1.165, 1.54) is 0 Å². The fourth-order valence-corrected chi connectivity index (χ4v) is 2.69. The van der Waals surface area contributed by atoms with Crippen LogP contribution in [0, 0.1) is 11.8 Å². The fourth-order valence-electron chi connectivity index (χ4n) is 1.55. The molecule has 14 heavy (non-hydrogen) atoms. The number of thiophene rings is 1. The first-order valence-electron chi connectivity index (χ1n) is 4.77. The van der Waals surface area contributed by atoms with Gasteiger partial charge in [0.05, 0.1) is 4.34 Å². The van der Waals surface area contributed by atoms with Gasteiger partial charge in [-0.15, -0.1) is 11.3 Å². The first kappa shape index (κ1) is 12.0. The highest BCUT2D eigenvalue weighted by atomic mass is 35.5. The smallest absolute Gasteiger partial charge is 0.0931 e. The molecule has 0 aliphatic heterocycles. The van der Waals surface area contributed by atoms with Gasteiger partial charge in [-0.3, -0.25) is 0 Å². The molecule has 0 saturated carbocycles. The van der Waals surface area contributed by atoms with Crippen molar-refractivity contribution in [3.63, 3.8) is 0 Å². The third kappa shape index (κ3) is 2.70. The van der Waals surface area contributed by atoms with Crippen LogP contribution in [0.4, 0.5) is 0 Å². The Kier molecular flexibility index (Phi) is 4.38. The lowest BCUT2D eigenvalue weighted by Gasteiger charge is -2.24. The SMILES string of the molecule is CC(C)C(CN)C(N)c1ccc(Cl)s1. The summed E-state index contributed by atoms with van der Waals surface area (Å²) >= 11 is 7.41. The molecule has 4 N–H and O–H groups in total. The van der Waals surface area contributed by atoms with Crippen molar-refractivity contribution >= 4 is 22.9 Å². The highest BCUT2D eigenvalue weighted by molar-refractivity contribution is 7.16. The Morgan fingerprint density at radius 1 is 1.43 bits per heavy atom. The molecule has 0 radical (unpaired) electrons. The second-order valence-corrected chi connectivity index (χ2v) is 5.56. The number of halogens is 1. The minimum atomic E-state index is 0.0116. The van der Waals surface area contributed by atoms with Crippen LogP contribution >= 0.6 is 22.9 Å². The van der Waals surface area contributed by atoms with E-state index in [4.69, 9.17) is 23.1 Å². The molecular formula is C10H17ClN2S. The maximum atomic E-state index is 6.14. The van der Waals surface area contributed by atoms with E-state index in [9.17, 15) is 0 Å². The summed E-state index contributed by atoms with van der Waals surface area (Å²) in [7, 11) is 0. The molecule has 0 fully saturated rings. The van der Waals surface area contributed by atoms with E-state index in [0.29, 0.717) is 18.4 Å². The number of hydrogen-bond acceptors (Lipinski definition) is 3. The second-order valence-electron chi connectivity index (χ2n) is 3.81. The number of hydrogen-bond donors (Lipinski definition) is 2. The summed E-state index contributed by atoms with van der Waals surface area (Å²) in [6.45, 7) is 4.91. The van der Waals surface area contributed by atoms with Gasteiger partial charge in [0.25, 0.3) is 0 Å². The molecule has 1 rings (SSSR count). The van der Waals surface area contributed by atoms with E-state index in [1.807, 2.05) is 12.1 Å². The van der Waals surface area contributed by atoms with Crippen molar-refractivity contribution in [3.05, 3.63) is 21.3 Å². The lowest BCUT2D eigenvalue weighted by Crippen LogP contribution is -2.31. The maximum Gasteiger partial charge on any atom is 0.0931 e. The van der Waals surface area contributed by atoms with Crippen LogP contribution in [0.2, 0.25) is 4.34 Å². The fraction of sp³-hybridized carbons (Fsp3) is 0.600. The molecule has 0 aliphatic carbocycles. The highest BCUT2D eigenvalue weighted by Crippen LogP contribution is 2.32. The summed E-state index contributed by atoms with van der Waals surface area (Å²) in [6, 6.07) is 3.88. The van der Waals surface area contributed by atoms with Crippen LogP contribution in [0.5, 0.6) is 0 Å². The molecule has 4 heteroatoms. The van der Waals surface area contributed by atoms with Gasteiger partial charge in [0.2, 0.25) is 0 Å². The highest BCUT2D eigenvalue weighted by Gasteiger charge is 2.22. The molecule has 1 aromatic heterocycles. The standard InChI is InChI=1S/C10H17ClN2S/c1-6(2)7(5-12)10(13)8-3-4-9(11)14-8/h3-4,6-7,10H,5,12-13H2,1-2H3. The number of nitrogens with two attached hydrogens (primary N) is 2. The zero-order valence-corrected chi connectivity index (χ0v) is 10.1. The first-order valence-corrected chi connectivity index (χ1v) is 5.96. The van der Waals surface area contributed by atoms with Gasteiger partial charge in [0.1, 0.15) is 0 Å². The largest absolute Gasteiger partial charge is 0.330 e. The van der Waals surface area contributed by atoms with E-state index in [0.717, 1.165) is 9.21 Å². The average molecular weight is 233 g/mol. The van der Waals surface area contributed by atoms with E-state index < -0.39 is 0 Å². The molecule has 2 unspecified atom stereocenters. The Morgan fingerprint density at radius 2 is 2.07 bits per heavy atom. The number of rotatable bonds is 4. The molecule has 0 aliphatic rings. The molecular weight excluding hydrogens is 216 g/mol. The van der Waals surface area contributed by atoms with Crippen LogP contribution < -0.4 is 11.5 Å².